The van der Waals surface area contributed by atoms with Gasteiger partial charge in [0.1, 0.15) is 0 Å². The van der Waals surface area contributed by atoms with Gasteiger partial charge in [-0.2, -0.15) is 0 Å². The van der Waals surface area contributed by atoms with E-state index in [1.54, 1.807) is 0 Å². The van der Waals surface area contributed by atoms with Crippen LogP contribution in [0.3, 0.4) is 0 Å². The smallest absolute Gasteiger partial charge is 0.0422 e. The molecule has 0 saturated heterocycles. The second kappa shape index (κ2) is 3.05. The first kappa shape index (κ1) is 7.47. The number of aryl methyl sites for hydroxylation is 1. The topological polar surface area (TPSA) is 25.2 Å². The summed E-state index contributed by atoms with van der Waals surface area (Å²) in [6.45, 7) is 3.01. The van der Waals surface area contributed by atoms with Crippen LogP contribution in [0.2, 0.25) is 0 Å². The van der Waals surface area contributed by atoms with E-state index < -0.39 is 0 Å². The van der Waals surface area contributed by atoms with Gasteiger partial charge in [-0.1, -0.05) is 0 Å². The molecule has 2 heterocycles. The Hall–Kier alpha value is -1.18. The van der Waals surface area contributed by atoms with Gasteiger partial charge in [0.05, 0.1) is 0 Å². The third-order valence-electron chi connectivity index (χ3n) is 2.10. The standard InChI is InChI=1S/C10H12N2/c1-8-7-9(4-6-11-8)10-3-2-5-12-10/h4,6-7H,2-3,5H2,1H3. The van der Waals surface area contributed by atoms with E-state index >= 15 is 0 Å². The molecule has 0 fully saturated rings. The van der Waals surface area contributed by atoms with Crippen molar-refractivity contribution < 1.29 is 0 Å². The van der Waals surface area contributed by atoms with E-state index in [0.717, 1.165) is 18.7 Å². The maximum atomic E-state index is 4.44. The molecule has 1 aliphatic rings. The fraction of sp³-hybridized carbons (Fsp3) is 0.400. The molecular formula is C10H12N2. The van der Waals surface area contributed by atoms with Crippen LogP contribution in [0.1, 0.15) is 24.1 Å². The molecule has 2 nitrogen and oxygen atoms in total. The average molecular weight is 160 g/mol. The second-order valence-electron chi connectivity index (χ2n) is 3.12. The zero-order valence-corrected chi connectivity index (χ0v) is 7.25. The summed E-state index contributed by atoms with van der Waals surface area (Å²) in [5.41, 5.74) is 3.57. The van der Waals surface area contributed by atoms with Crippen molar-refractivity contribution >= 4 is 5.71 Å². The summed E-state index contributed by atoms with van der Waals surface area (Å²) >= 11 is 0. The van der Waals surface area contributed by atoms with Crippen LogP contribution >= 0.6 is 0 Å². The largest absolute Gasteiger partial charge is 0.289 e. The molecular weight excluding hydrogens is 148 g/mol. The number of nitrogens with zero attached hydrogens (tertiary/aromatic N) is 2. The molecule has 0 aliphatic carbocycles. The number of pyridine rings is 1. The third-order valence-corrected chi connectivity index (χ3v) is 2.10. The Balaban J connectivity index is 2.33. The van der Waals surface area contributed by atoms with Crippen LogP contribution in [-0.4, -0.2) is 17.2 Å². The monoisotopic (exact) mass is 160 g/mol. The molecule has 2 heteroatoms. The average Bonchev–Trinajstić information content (AvgIpc) is 2.56. The van der Waals surface area contributed by atoms with Crippen LogP contribution in [0.25, 0.3) is 0 Å². The lowest BCUT2D eigenvalue weighted by molar-refractivity contribution is 0.951. The highest BCUT2D eigenvalue weighted by Crippen LogP contribution is 2.12. The lowest BCUT2D eigenvalue weighted by Gasteiger charge is -1.99. The van der Waals surface area contributed by atoms with Gasteiger partial charge in [-0.05, 0) is 37.5 Å². The highest BCUT2D eigenvalue weighted by Gasteiger charge is 2.08. The van der Waals surface area contributed by atoms with Gasteiger partial charge >= 0.3 is 0 Å². The normalized spacial score (nSPS) is 16.2. The van der Waals surface area contributed by atoms with Gasteiger partial charge in [0, 0.05) is 24.1 Å². The fourth-order valence-corrected chi connectivity index (χ4v) is 1.50. The van der Waals surface area contributed by atoms with Crippen molar-refractivity contribution in [1.29, 1.82) is 0 Å². The van der Waals surface area contributed by atoms with Gasteiger partial charge in [-0.15, -0.1) is 0 Å². The van der Waals surface area contributed by atoms with Crippen LogP contribution < -0.4 is 0 Å². The van der Waals surface area contributed by atoms with Gasteiger partial charge in [0.15, 0.2) is 0 Å². The summed E-state index contributed by atoms with van der Waals surface area (Å²) in [7, 11) is 0. The molecule has 2 rings (SSSR count). The van der Waals surface area contributed by atoms with E-state index in [2.05, 4.69) is 16.0 Å². The lowest BCUT2D eigenvalue weighted by atomic mass is 10.1. The summed E-state index contributed by atoms with van der Waals surface area (Å²) < 4.78 is 0. The number of rotatable bonds is 1. The molecule has 0 amide bonds. The van der Waals surface area contributed by atoms with E-state index in [9.17, 15) is 0 Å². The molecule has 0 bridgehead atoms. The SMILES string of the molecule is Cc1cc(C2=NCCC2)ccn1. The minimum Gasteiger partial charge on any atom is -0.289 e. The van der Waals surface area contributed by atoms with Gasteiger partial charge in [-0.25, -0.2) is 0 Å². The number of hydrogen-bond donors (Lipinski definition) is 0. The molecule has 62 valence electrons. The maximum absolute atomic E-state index is 4.44. The van der Waals surface area contributed by atoms with Crippen LogP contribution in [0, 0.1) is 6.92 Å². The zero-order chi connectivity index (χ0) is 8.39. The molecule has 1 aliphatic heterocycles. The predicted octanol–water partition coefficient (Wildman–Crippen LogP) is 1.97. The third kappa shape index (κ3) is 1.37. The Bertz CT molecular complexity index is 315. The molecule has 0 unspecified atom stereocenters. The Kier molecular flexibility index (Phi) is 1.90. The minimum absolute atomic E-state index is 0.997. The van der Waals surface area contributed by atoms with E-state index in [4.69, 9.17) is 0 Å². The van der Waals surface area contributed by atoms with Gasteiger partial charge in [0.25, 0.3) is 0 Å². The first-order valence-electron chi connectivity index (χ1n) is 4.32. The summed E-state index contributed by atoms with van der Waals surface area (Å²) in [5, 5.41) is 0. The lowest BCUT2D eigenvalue weighted by Crippen LogP contribution is -1.96. The Morgan fingerprint density at radius 2 is 2.33 bits per heavy atom. The molecule has 0 spiro atoms. The summed E-state index contributed by atoms with van der Waals surface area (Å²) in [6, 6.07) is 4.14. The maximum Gasteiger partial charge on any atom is 0.0422 e. The van der Waals surface area contributed by atoms with E-state index in [1.807, 2.05) is 19.2 Å². The van der Waals surface area contributed by atoms with Crippen LogP contribution in [-0.2, 0) is 0 Å². The minimum atomic E-state index is 0.997. The molecule has 0 N–H and O–H groups in total. The molecule has 1 aromatic rings. The van der Waals surface area contributed by atoms with Crippen LogP contribution in [0.5, 0.6) is 0 Å². The highest BCUT2D eigenvalue weighted by atomic mass is 14.8. The van der Waals surface area contributed by atoms with Crippen molar-refractivity contribution in [1.82, 2.24) is 4.98 Å². The predicted molar refractivity (Wildman–Crippen MR) is 49.6 cm³/mol. The molecule has 12 heavy (non-hydrogen) atoms. The molecule has 0 radical (unpaired) electrons. The number of hydrogen-bond acceptors (Lipinski definition) is 2. The van der Waals surface area contributed by atoms with Gasteiger partial charge in [0.2, 0.25) is 0 Å². The summed E-state index contributed by atoms with van der Waals surface area (Å²) in [6.07, 6.45) is 4.19. The van der Waals surface area contributed by atoms with E-state index in [0.29, 0.717) is 0 Å². The fourth-order valence-electron chi connectivity index (χ4n) is 1.50. The number of aromatic nitrogens is 1. The van der Waals surface area contributed by atoms with Crippen LogP contribution in [0.4, 0.5) is 0 Å². The molecule has 1 aromatic heterocycles. The number of aliphatic imine (C=N–C) groups is 1. The summed E-state index contributed by atoms with van der Waals surface area (Å²) in [4.78, 5) is 8.59. The quantitative estimate of drug-likeness (QED) is 0.616. The zero-order valence-electron chi connectivity index (χ0n) is 7.25. The Morgan fingerprint density at radius 3 is 3.00 bits per heavy atom. The van der Waals surface area contributed by atoms with Crippen molar-refractivity contribution in [2.24, 2.45) is 4.99 Å². The van der Waals surface area contributed by atoms with Gasteiger partial charge < -0.3 is 0 Å². The summed E-state index contributed by atoms with van der Waals surface area (Å²) in [5.74, 6) is 0. The van der Waals surface area contributed by atoms with Crippen LogP contribution in [0.15, 0.2) is 23.3 Å². The first-order valence-corrected chi connectivity index (χ1v) is 4.32. The molecule has 0 atom stereocenters. The molecule has 0 aromatic carbocycles. The van der Waals surface area contributed by atoms with E-state index in [-0.39, 0.29) is 0 Å². The first-order chi connectivity index (χ1) is 5.86. The van der Waals surface area contributed by atoms with Crippen molar-refractivity contribution in [3.63, 3.8) is 0 Å². The second-order valence-corrected chi connectivity index (χ2v) is 3.12. The van der Waals surface area contributed by atoms with Crippen molar-refractivity contribution in [2.75, 3.05) is 6.54 Å². The Morgan fingerprint density at radius 1 is 1.42 bits per heavy atom. The molecule has 0 saturated carbocycles. The van der Waals surface area contributed by atoms with Crippen molar-refractivity contribution in [3.05, 3.63) is 29.6 Å². The van der Waals surface area contributed by atoms with E-state index in [1.165, 1.54) is 17.7 Å². The van der Waals surface area contributed by atoms with Crippen molar-refractivity contribution in [3.8, 4) is 0 Å². The van der Waals surface area contributed by atoms with Gasteiger partial charge in [-0.3, -0.25) is 9.98 Å². The van der Waals surface area contributed by atoms with Crippen molar-refractivity contribution in [2.45, 2.75) is 19.8 Å². The highest BCUT2D eigenvalue weighted by molar-refractivity contribution is 6.01. The Labute approximate surface area is 72.4 Å².